The lowest BCUT2D eigenvalue weighted by atomic mass is 9.83. The maximum Gasteiger partial charge on any atom is 0.119 e. The van der Waals surface area contributed by atoms with Crippen molar-refractivity contribution in [2.75, 3.05) is 12.8 Å². The largest absolute Gasteiger partial charge is 0.497 e. The summed E-state index contributed by atoms with van der Waals surface area (Å²) in [5.74, 6) is 3.46. The monoisotopic (exact) mass is 217 g/mol. The van der Waals surface area contributed by atoms with E-state index in [0.29, 0.717) is 5.92 Å². The van der Waals surface area contributed by atoms with E-state index in [1.165, 1.54) is 31.2 Å². The van der Waals surface area contributed by atoms with Crippen molar-refractivity contribution in [3.05, 3.63) is 23.8 Å². The van der Waals surface area contributed by atoms with E-state index in [9.17, 15) is 0 Å². The topological polar surface area (TPSA) is 35.2 Å². The summed E-state index contributed by atoms with van der Waals surface area (Å²) in [5.41, 5.74) is 8.37. The number of anilines is 1. The van der Waals surface area contributed by atoms with Gasteiger partial charge in [0.2, 0.25) is 0 Å². The summed E-state index contributed by atoms with van der Waals surface area (Å²) in [6.45, 7) is 0. The molecule has 2 aliphatic rings. The van der Waals surface area contributed by atoms with Crippen LogP contribution in [0.3, 0.4) is 0 Å². The third-order valence-electron chi connectivity index (χ3n) is 4.43. The van der Waals surface area contributed by atoms with Gasteiger partial charge >= 0.3 is 0 Å². The molecule has 0 radical (unpaired) electrons. The van der Waals surface area contributed by atoms with Crippen molar-refractivity contribution in [3.8, 4) is 5.75 Å². The molecule has 0 aliphatic heterocycles. The van der Waals surface area contributed by atoms with Gasteiger partial charge in [-0.25, -0.2) is 0 Å². The Bertz CT molecular complexity index is 402. The molecule has 2 aliphatic carbocycles. The first-order chi connectivity index (χ1) is 7.78. The van der Waals surface area contributed by atoms with Gasteiger partial charge in [0.1, 0.15) is 5.75 Å². The lowest BCUT2D eigenvalue weighted by Crippen LogP contribution is -2.10. The minimum Gasteiger partial charge on any atom is -0.497 e. The van der Waals surface area contributed by atoms with Gasteiger partial charge in [0, 0.05) is 5.69 Å². The second-order valence-electron chi connectivity index (χ2n) is 5.28. The molecule has 2 bridgehead atoms. The fraction of sp³-hybridized carbons (Fsp3) is 0.571. The molecule has 0 spiro atoms. The first kappa shape index (κ1) is 10.0. The Balaban J connectivity index is 1.93. The second kappa shape index (κ2) is 3.69. The molecule has 3 atom stereocenters. The van der Waals surface area contributed by atoms with Gasteiger partial charge in [0.15, 0.2) is 0 Å². The van der Waals surface area contributed by atoms with Crippen LogP contribution in [-0.4, -0.2) is 7.11 Å². The fourth-order valence-corrected chi connectivity index (χ4v) is 3.63. The minimum absolute atomic E-state index is 0.689. The number of hydrogen-bond donors (Lipinski definition) is 1. The zero-order valence-corrected chi connectivity index (χ0v) is 9.78. The molecule has 3 rings (SSSR count). The molecule has 1 aromatic rings. The van der Waals surface area contributed by atoms with E-state index in [4.69, 9.17) is 10.5 Å². The summed E-state index contributed by atoms with van der Waals surface area (Å²) in [7, 11) is 1.72. The molecule has 0 unspecified atom stereocenters. The molecule has 0 aromatic heterocycles. The number of ether oxygens (including phenoxy) is 1. The summed E-state index contributed by atoms with van der Waals surface area (Å²) in [5, 5.41) is 0. The van der Waals surface area contributed by atoms with Crippen LogP contribution in [0.2, 0.25) is 0 Å². The van der Waals surface area contributed by atoms with Gasteiger partial charge in [0.25, 0.3) is 0 Å². The molecule has 1 aromatic carbocycles. The quantitative estimate of drug-likeness (QED) is 0.772. The van der Waals surface area contributed by atoms with E-state index in [1.807, 2.05) is 12.1 Å². The van der Waals surface area contributed by atoms with Crippen molar-refractivity contribution in [3.63, 3.8) is 0 Å². The van der Waals surface area contributed by atoms with Gasteiger partial charge in [-0.05, 0) is 60.8 Å². The van der Waals surface area contributed by atoms with Gasteiger partial charge in [-0.15, -0.1) is 0 Å². The molecule has 0 amide bonds. The molecular weight excluding hydrogens is 198 g/mol. The van der Waals surface area contributed by atoms with E-state index in [2.05, 4.69) is 6.07 Å². The van der Waals surface area contributed by atoms with Crippen LogP contribution in [0.25, 0.3) is 0 Å². The van der Waals surface area contributed by atoms with E-state index in [-0.39, 0.29) is 0 Å². The summed E-state index contributed by atoms with van der Waals surface area (Å²) < 4.78 is 5.29. The first-order valence-electron chi connectivity index (χ1n) is 6.21. The SMILES string of the molecule is COc1ccc(N)c([C@H]2C[C@@H]3CC[C@H]2C3)c1. The number of rotatable bonds is 2. The Morgan fingerprint density at radius 1 is 1.25 bits per heavy atom. The lowest BCUT2D eigenvalue weighted by Gasteiger charge is -2.23. The smallest absolute Gasteiger partial charge is 0.119 e. The molecular formula is C14H19NO. The van der Waals surface area contributed by atoms with Gasteiger partial charge in [-0.3, -0.25) is 0 Å². The average Bonchev–Trinajstić information content (AvgIpc) is 2.91. The van der Waals surface area contributed by atoms with E-state index in [0.717, 1.165) is 23.3 Å². The van der Waals surface area contributed by atoms with Crippen molar-refractivity contribution >= 4 is 5.69 Å². The van der Waals surface area contributed by atoms with Crippen molar-refractivity contribution in [2.24, 2.45) is 11.8 Å². The Morgan fingerprint density at radius 3 is 2.75 bits per heavy atom. The van der Waals surface area contributed by atoms with Crippen LogP contribution in [-0.2, 0) is 0 Å². The van der Waals surface area contributed by atoms with Crippen molar-refractivity contribution in [1.29, 1.82) is 0 Å². The summed E-state index contributed by atoms with van der Waals surface area (Å²) in [6.07, 6.45) is 5.58. The normalized spacial score (nSPS) is 31.9. The van der Waals surface area contributed by atoms with Crippen LogP contribution in [0.4, 0.5) is 5.69 Å². The number of fused-ring (bicyclic) bond motifs is 2. The van der Waals surface area contributed by atoms with E-state index < -0.39 is 0 Å². The predicted octanol–water partition coefficient (Wildman–Crippen LogP) is 3.18. The van der Waals surface area contributed by atoms with Crippen molar-refractivity contribution in [2.45, 2.75) is 31.6 Å². The molecule has 2 nitrogen and oxygen atoms in total. The number of hydrogen-bond acceptors (Lipinski definition) is 2. The highest BCUT2D eigenvalue weighted by Crippen LogP contribution is 2.54. The minimum atomic E-state index is 0.689. The molecule has 86 valence electrons. The highest BCUT2D eigenvalue weighted by Gasteiger charge is 2.40. The second-order valence-corrected chi connectivity index (χ2v) is 5.28. The molecule has 2 N–H and O–H groups in total. The van der Waals surface area contributed by atoms with E-state index in [1.54, 1.807) is 7.11 Å². The van der Waals surface area contributed by atoms with Crippen molar-refractivity contribution in [1.82, 2.24) is 0 Å². The lowest BCUT2D eigenvalue weighted by molar-refractivity contribution is 0.404. The molecule has 0 saturated heterocycles. The van der Waals surface area contributed by atoms with Crippen molar-refractivity contribution < 1.29 is 4.74 Å². The molecule has 2 fully saturated rings. The summed E-state index contributed by atoms with van der Waals surface area (Å²) in [6, 6.07) is 6.08. The van der Waals surface area contributed by atoms with Crippen LogP contribution in [0.15, 0.2) is 18.2 Å². The van der Waals surface area contributed by atoms with Gasteiger partial charge in [0.05, 0.1) is 7.11 Å². The maximum atomic E-state index is 6.10. The predicted molar refractivity (Wildman–Crippen MR) is 65.6 cm³/mol. The van der Waals surface area contributed by atoms with Gasteiger partial charge in [-0.2, -0.15) is 0 Å². The number of methoxy groups -OCH3 is 1. The van der Waals surface area contributed by atoms with Gasteiger partial charge < -0.3 is 10.5 Å². The summed E-state index contributed by atoms with van der Waals surface area (Å²) >= 11 is 0. The number of nitrogen functional groups attached to an aromatic ring is 1. The molecule has 16 heavy (non-hydrogen) atoms. The average molecular weight is 217 g/mol. The van der Waals surface area contributed by atoms with Crippen LogP contribution < -0.4 is 10.5 Å². The molecule has 2 saturated carbocycles. The first-order valence-corrected chi connectivity index (χ1v) is 6.21. The van der Waals surface area contributed by atoms with Crippen LogP contribution in [0.1, 0.15) is 37.2 Å². The zero-order valence-electron chi connectivity index (χ0n) is 9.78. The zero-order chi connectivity index (χ0) is 11.1. The molecule has 0 heterocycles. The van der Waals surface area contributed by atoms with E-state index >= 15 is 0 Å². The third kappa shape index (κ3) is 1.48. The highest BCUT2D eigenvalue weighted by molar-refractivity contribution is 5.53. The summed E-state index contributed by atoms with van der Waals surface area (Å²) in [4.78, 5) is 0. The number of benzene rings is 1. The Labute approximate surface area is 96.8 Å². The third-order valence-corrected chi connectivity index (χ3v) is 4.43. The van der Waals surface area contributed by atoms with Crippen LogP contribution in [0.5, 0.6) is 5.75 Å². The Kier molecular flexibility index (Phi) is 2.31. The van der Waals surface area contributed by atoms with Gasteiger partial charge in [-0.1, -0.05) is 6.42 Å². The standard InChI is InChI=1S/C14H19NO/c1-16-11-4-5-14(15)13(8-11)12-7-9-2-3-10(12)6-9/h4-5,8-10,12H,2-3,6-7,15H2,1H3/t9-,10+,12+/m1/s1. The highest BCUT2D eigenvalue weighted by atomic mass is 16.5. The van der Waals surface area contributed by atoms with Crippen LogP contribution in [0, 0.1) is 11.8 Å². The Hall–Kier alpha value is -1.18. The Morgan fingerprint density at radius 2 is 2.12 bits per heavy atom. The number of nitrogens with two attached hydrogens (primary N) is 1. The fourth-order valence-electron chi connectivity index (χ4n) is 3.63. The maximum absolute atomic E-state index is 6.10. The van der Waals surface area contributed by atoms with Crippen LogP contribution >= 0.6 is 0 Å². The molecule has 2 heteroatoms.